The van der Waals surface area contributed by atoms with E-state index in [1.165, 1.54) is 6.07 Å². The summed E-state index contributed by atoms with van der Waals surface area (Å²) in [5.74, 6) is 0.318. The van der Waals surface area contributed by atoms with Crippen molar-refractivity contribution >= 4 is 17.4 Å². The predicted molar refractivity (Wildman–Crippen MR) is 55.1 cm³/mol. The number of imidazole rings is 1. The third kappa shape index (κ3) is 1.80. The topological polar surface area (TPSA) is 48.0 Å². The maximum atomic E-state index is 11.9. The Morgan fingerprint density at radius 1 is 1.60 bits per heavy atom. The highest BCUT2D eigenvalue weighted by Crippen LogP contribution is 2.16. The van der Waals surface area contributed by atoms with Crippen LogP contribution in [0.2, 0.25) is 5.22 Å². The van der Waals surface area contributed by atoms with Crippen LogP contribution in [-0.4, -0.2) is 15.3 Å². The molecular weight excluding hydrogens is 216 g/mol. The van der Waals surface area contributed by atoms with Crippen LogP contribution in [0.15, 0.2) is 28.9 Å². The van der Waals surface area contributed by atoms with Gasteiger partial charge in [-0.1, -0.05) is 0 Å². The van der Waals surface area contributed by atoms with Gasteiger partial charge in [0.05, 0.1) is 0 Å². The minimum absolute atomic E-state index is 0.202. The Hall–Kier alpha value is -1.55. The van der Waals surface area contributed by atoms with Crippen molar-refractivity contribution in [3.63, 3.8) is 0 Å². The minimum atomic E-state index is -0.256. The Labute approximate surface area is 91.5 Å². The van der Waals surface area contributed by atoms with E-state index >= 15 is 0 Å². The largest absolute Gasteiger partial charge is 0.441 e. The number of rotatable bonds is 3. The summed E-state index contributed by atoms with van der Waals surface area (Å²) in [6.07, 6.45) is 3.33. The quantitative estimate of drug-likeness (QED) is 0.752. The number of halogens is 1. The van der Waals surface area contributed by atoms with E-state index in [9.17, 15) is 4.79 Å². The number of hydrogen-bond acceptors (Lipinski definition) is 3. The third-order valence-electron chi connectivity index (χ3n) is 2.06. The third-order valence-corrected chi connectivity index (χ3v) is 2.26. The van der Waals surface area contributed by atoms with E-state index < -0.39 is 0 Å². The van der Waals surface area contributed by atoms with Crippen LogP contribution in [0, 0.1) is 0 Å². The smallest absolute Gasteiger partial charge is 0.263 e. The lowest BCUT2D eigenvalue weighted by Crippen LogP contribution is -2.09. The molecule has 0 aliphatic carbocycles. The van der Waals surface area contributed by atoms with Crippen LogP contribution in [0.25, 0.3) is 0 Å². The lowest BCUT2D eigenvalue weighted by Gasteiger charge is -2.00. The number of carbonyl (C=O) groups is 1. The highest BCUT2D eigenvalue weighted by atomic mass is 35.5. The minimum Gasteiger partial charge on any atom is -0.441 e. The normalized spacial score (nSPS) is 10.5. The maximum absolute atomic E-state index is 11.9. The molecule has 2 heterocycles. The fourth-order valence-electron chi connectivity index (χ4n) is 1.32. The molecule has 15 heavy (non-hydrogen) atoms. The summed E-state index contributed by atoms with van der Waals surface area (Å²) in [7, 11) is 0. The first-order chi connectivity index (χ1) is 7.22. The molecule has 0 spiro atoms. The molecule has 0 aromatic carbocycles. The molecule has 0 atom stereocenters. The van der Waals surface area contributed by atoms with Gasteiger partial charge in [0.1, 0.15) is 0 Å². The highest BCUT2D eigenvalue weighted by Gasteiger charge is 2.17. The standard InChI is InChI=1S/C10H9ClN2O2/c1-2-13-6-5-12-10(13)9(14)7-3-4-8(11)15-7/h3-6H,2H2,1H3. The number of aryl methyl sites for hydroxylation is 1. The van der Waals surface area contributed by atoms with Gasteiger partial charge in [0.15, 0.2) is 16.8 Å². The van der Waals surface area contributed by atoms with Gasteiger partial charge in [-0.25, -0.2) is 4.98 Å². The molecule has 5 heteroatoms. The summed E-state index contributed by atoms with van der Waals surface area (Å²) in [6, 6.07) is 3.08. The van der Waals surface area contributed by atoms with E-state index in [0.29, 0.717) is 12.4 Å². The van der Waals surface area contributed by atoms with Gasteiger partial charge in [-0.15, -0.1) is 0 Å². The SMILES string of the molecule is CCn1ccnc1C(=O)c1ccc(Cl)o1. The zero-order chi connectivity index (χ0) is 10.8. The first kappa shape index (κ1) is 9.98. The molecular formula is C10H9ClN2O2. The Balaban J connectivity index is 2.36. The van der Waals surface area contributed by atoms with E-state index in [-0.39, 0.29) is 16.8 Å². The number of carbonyl (C=O) groups excluding carboxylic acids is 1. The van der Waals surface area contributed by atoms with Crippen LogP contribution in [0.3, 0.4) is 0 Å². The Bertz CT molecular complexity index is 487. The monoisotopic (exact) mass is 224 g/mol. The van der Waals surface area contributed by atoms with Crippen molar-refractivity contribution in [3.8, 4) is 0 Å². The van der Waals surface area contributed by atoms with Crippen molar-refractivity contribution in [2.45, 2.75) is 13.5 Å². The highest BCUT2D eigenvalue weighted by molar-refractivity contribution is 6.29. The van der Waals surface area contributed by atoms with Gasteiger partial charge in [-0.05, 0) is 30.7 Å². The molecule has 4 nitrogen and oxygen atoms in total. The lowest BCUT2D eigenvalue weighted by molar-refractivity contribution is 0.0995. The summed E-state index contributed by atoms with van der Waals surface area (Å²) >= 11 is 5.59. The van der Waals surface area contributed by atoms with Gasteiger partial charge in [-0.2, -0.15) is 0 Å². The molecule has 0 N–H and O–H groups in total. The van der Waals surface area contributed by atoms with Crippen LogP contribution in [-0.2, 0) is 6.54 Å². The van der Waals surface area contributed by atoms with Crippen molar-refractivity contribution < 1.29 is 9.21 Å². The van der Waals surface area contributed by atoms with Crippen molar-refractivity contribution in [1.29, 1.82) is 0 Å². The first-order valence-corrected chi connectivity index (χ1v) is 4.91. The van der Waals surface area contributed by atoms with Gasteiger partial charge < -0.3 is 8.98 Å². The molecule has 78 valence electrons. The van der Waals surface area contributed by atoms with E-state index in [0.717, 1.165) is 0 Å². The van der Waals surface area contributed by atoms with Gasteiger partial charge in [0, 0.05) is 18.9 Å². The van der Waals surface area contributed by atoms with Gasteiger partial charge >= 0.3 is 0 Å². The number of ketones is 1. The molecule has 0 unspecified atom stereocenters. The summed E-state index contributed by atoms with van der Waals surface area (Å²) in [6.45, 7) is 2.63. The molecule has 2 rings (SSSR count). The van der Waals surface area contributed by atoms with E-state index in [2.05, 4.69) is 4.98 Å². The molecule has 0 fully saturated rings. The molecule has 0 saturated carbocycles. The van der Waals surface area contributed by atoms with Gasteiger partial charge in [0.2, 0.25) is 0 Å². The molecule has 2 aromatic rings. The average molecular weight is 225 g/mol. The average Bonchev–Trinajstić information content (AvgIpc) is 2.84. The zero-order valence-electron chi connectivity index (χ0n) is 8.11. The lowest BCUT2D eigenvalue weighted by atomic mass is 10.3. The molecule has 0 bridgehead atoms. The number of nitrogens with zero attached hydrogens (tertiary/aromatic N) is 2. The molecule has 0 aliphatic heterocycles. The molecule has 0 saturated heterocycles. The van der Waals surface area contributed by atoms with E-state index in [1.807, 2.05) is 6.92 Å². The van der Waals surface area contributed by atoms with E-state index in [1.54, 1.807) is 23.0 Å². The van der Waals surface area contributed by atoms with Crippen molar-refractivity contribution in [3.05, 3.63) is 41.3 Å². The number of hydrogen-bond donors (Lipinski definition) is 0. The summed E-state index contributed by atoms with van der Waals surface area (Å²) in [4.78, 5) is 15.8. The fourth-order valence-corrected chi connectivity index (χ4v) is 1.47. The van der Waals surface area contributed by atoms with Crippen molar-refractivity contribution in [2.24, 2.45) is 0 Å². The number of aromatic nitrogens is 2. The molecule has 0 amide bonds. The Kier molecular flexibility index (Phi) is 2.60. The predicted octanol–water partition coefficient (Wildman–Crippen LogP) is 2.38. The first-order valence-electron chi connectivity index (χ1n) is 4.53. The van der Waals surface area contributed by atoms with Crippen molar-refractivity contribution in [1.82, 2.24) is 9.55 Å². The van der Waals surface area contributed by atoms with Crippen LogP contribution < -0.4 is 0 Å². The summed E-state index contributed by atoms with van der Waals surface area (Å²) in [5.41, 5.74) is 0. The van der Waals surface area contributed by atoms with Crippen LogP contribution in [0.1, 0.15) is 23.3 Å². The number of furan rings is 1. The van der Waals surface area contributed by atoms with Crippen LogP contribution in [0.4, 0.5) is 0 Å². The van der Waals surface area contributed by atoms with Crippen LogP contribution >= 0.6 is 11.6 Å². The molecule has 0 aliphatic rings. The Morgan fingerprint density at radius 3 is 3.00 bits per heavy atom. The van der Waals surface area contributed by atoms with Gasteiger partial charge in [0.25, 0.3) is 5.78 Å². The Morgan fingerprint density at radius 2 is 2.40 bits per heavy atom. The second-order valence-corrected chi connectivity index (χ2v) is 3.34. The second-order valence-electron chi connectivity index (χ2n) is 2.97. The molecule has 2 aromatic heterocycles. The summed E-state index contributed by atoms with van der Waals surface area (Å²) in [5, 5.41) is 0.202. The van der Waals surface area contributed by atoms with E-state index in [4.69, 9.17) is 16.0 Å². The van der Waals surface area contributed by atoms with Crippen LogP contribution in [0.5, 0.6) is 0 Å². The molecule has 0 radical (unpaired) electrons. The fraction of sp³-hybridized carbons (Fsp3) is 0.200. The maximum Gasteiger partial charge on any atom is 0.263 e. The van der Waals surface area contributed by atoms with Gasteiger partial charge in [-0.3, -0.25) is 4.79 Å². The zero-order valence-corrected chi connectivity index (χ0v) is 8.86. The second kappa shape index (κ2) is 3.90. The van der Waals surface area contributed by atoms with Crippen molar-refractivity contribution in [2.75, 3.05) is 0 Å². The summed E-state index contributed by atoms with van der Waals surface area (Å²) < 4.78 is 6.78.